The molecular weight excluding hydrogens is 372 g/mol. The lowest BCUT2D eigenvalue weighted by atomic mass is 9.96. The van der Waals surface area contributed by atoms with Crippen LogP contribution in [0.4, 0.5) is 0 Å². The molecule has 1 aliphatic carbocycles. The second-order valence-electron chi connectivity index (χ2n) is 8.32. The minimum atomic E-state index is 0.804. The third-order valence-electron chi connectivity index (χ3n) is 5.50. The number of rotatable bonds is 7. The van der Waals surface area contributed by atoms with Gasteiger partial charge in [-0.15, -0.1) is 0 Å². The van der Waals surface area contributed by atoms with Crippen molar-refractivity contribution < 1.29 is 0 Å². The Bertz CT molecular complexity index is 892. The summed E-state index contributed by atoms with van der Waals surface area (Å²) < 4.78 is 2.19. The van der Waals surface area contributed by atoms with Crippen molar-refractivity contribution in [3.63, 3.8) is 0 Å². The van der Waals surface area contributed by atoms with Gasteiger partial charge in [-0.25, -0.2) is 4.98 Å². The van der Waals surface area contributed by atoms with Crippen LogP contribution >= 0.6 is 0 Å². The van der Waals surface area contributed by atoms with Gasteiger partial charge in [0.05, 0.1) is 11.4 Å². The summed E-state index contributed by atoms with van der Waals surface area (Å²) in [6, 6.07) is 10.4. The lowest BCUT2D eigenvalue weighted by Gasteiger charge is -2.19. The van der Waals surface area contributed by atoms with Crippen LogP contribution in [0.1, 0.15) is 35.5 Å². The standard InChI is InChI=1S/C15H25N5.C9H11N/c1-16-11-13-14(12-19(4)10-9-18(2)3)20-8-6-5-7-15(20)17-13;1-2-6-9-8(4-1)5-3-7-10-9/h5-8,16H,9-12H2,1-4H3;3,5,7H,1-2,4,6H2. The van der Waals surface area contributed by atoms with Crippen LogP contribution < -0.4 is 5.32 Å². The van der Waals surface area contributed by atoms with E-state index in [2.05, 4.69) is 70.0 Å². The van der Waals surface area contributed by atoms with E-state index in [0.29, 0.717) is 0 Å². The third kappa shape index (κ3) is 6.11. The number of hydrogen-bond donors (Lipinski definition) is 1. The number of nitrogens with zero attached hydrogens (tertiary/aromatic N) is 5. The Morgan fingerprint density at radius 2 is 1.87 bits per heavy atom. The van der Waals surface area contributed by atoms with Gasteiger partial charge in [0.2, 0.25) is 0 Å². The topological polar surface area (TPSA) is 48.7 Å². The van der Waals surface area contributed by atoms with Crippen molar-refractivity contribution in [3.8, 4) is 0 Å². The van der Waals surface area contributed by atoms with Crippen molar-refractivity contribution >= 4 is 5.65 Å². The molecule has 6 nitrogen and oxygen atoms in total. The smallest absolute Gasteiger partial charge is 0.137 e. The first-order valence-corrected chi connectivity index (χ1v) is 10.9. The fourth-order valence-corrected chi connectivity index (χ4v) is 3.81. The summed E-state index contributed by atoms with van der Waals surface area (Å²) in [6.45, 7) is 3.83. The van der Waals surface area contributed by atoms with E-state index in [-0.39, 0.29) is 0 Å². The van der Waals surface area contributed by atoms with Gasteiger partial charge in [-0.05, 0) is 77.6 Å². The Kier molecular flexibility index (Phi) is 8.37. The van der Waals surface area contributed by atoms with Crippen molar-refractivity contribution in [2.24, 2.45) is 0 Å². The zero-order valence-corrected chi connectivity index (χ0v) is 18.9. The average molecular weight is 409 g/mol. The molecule has 0 saturated heterocycles. The molecule has 4 rings (SSSR count). The van der Waals surface area contributed by atoms with E-state index in [9.17, 15) is 0 Å². The van der Waals surface area contributed by atoms with Crippen LogP contribution in [0.25, 0.3) is 5.65 Å². The number of nitrogens with one attached hydrogen (secondary N) is 1. The largest absolute Gasteiger partial charge is 0.314 e. The molecule has 0 radical (unpaired) electrons. The zero-order valence-electron chi connectivity index (χ0n) is 18.9. The van der Waals surface area contributed by atoms with Crippen LogP contribution in [0.5, 0.6) is 0 Å². The van der Waals surface area contributed by atoms with Gasteiger partial charge in [0.1, 0.15) is 5.65 Å². The third-order valence-corrected chi connectivity index (χ3v) is 5.50. The Morgan fingerprint density at radius 3 is 2.63 bits per heavy atom. The lowest BCUT2D eigenvalue weighted by Crippen LogP contribution is -2.29. The van der Waals surface area contributed by atoms with E-state index in [1.165, 1.54) is 42.6 Å². The van der Waals surface area contributed by atoms with E-state index in [0.717, 1.165) is 37.5 Å². The van der Waals surface area contributed by atoms with Gasteiger partial charge in [0.25, 0.3) is 0 Å². The monoisotopic (exact) mass is 408 g/mol. The molecule has 0 fully saturated rings. The normalized spacial score (nSPS) is 13.4. The van der Waals surface area contributed by atoms with Crippen molar-refractivity contribution in [1.29, 1.82) is 0 Å². The zero-order chi connectivity index (χ0) is 21.3. The molecule has 30 heavy (non-hydrogen) atoms. The summed E-state index contributed by atoms with van der Waals surface area (Å²) in [5, 5.41) is 3.21. The molecule has 6 heteroatoms. The second kappa shape index (κ2) is 11.2. The van der Waals surface area contributed by atoms with Gasteiger partial charge in [-0.2, -0.15) is 0 Å². The van der Waals surface area contributed by atoms with Crippen LogP contribution in [0.3, 0.4) is 0 Å². The van der Waals surface area contributed by atoms with Crippen molar-refractivity contribution in [3.05, 3.63) is 65.4 Å². The predicted octanol–water partition coefficient (Wildman–Crippen LogP) is 3.01. The highest BCUT2D eigenvalue weighted by atomic mass is 15.2. The molecule has 1 N–H and O–H groups in total. The summed E-state index contributed by atoms with van der Waals surface area (Å²) in [4.78, 5) is 13.6. The summed E-state index contributed by atoms with van der Waals surface area (Å²) in [5.41, 5.74) is 6.22. The van der Waals surface area contributed by atoms with Gasteiger partial charge in [0, 0.05) is 44.3 Å². The molecule has 162 valence electrons. The summed E-state index contributed by atoms with van der Waals surface area (Å²) >= 11 is 0. The Labute approximate surface area is 180 Å². The van der Waals surface area contributed by atoms with Crippen LogP contribution in [0.15, 0.2) is 42.7 Å². The minimum absolute atomic E-state index is 0.804. The van der Waals surface area contributed by atoms with Crippen molar-refractivity contribution in [1.82, 2.24) is 29.5 Å². The van der Waals surface area contributed by atoms with Gasteiger partial charge in [0.15, 0.2) is 0 Å². The molecular formula is C24H36N6. The average Bonchev–Trinajstić information content (AvgIpc) is 3.10. The van der Waals surface area contributed by atoms with Crippen LogP contribution in [-0.2, 0) is 25.9 Å². The molecule has 0 spiro atoms. The quantitative estimate of drug-likeness (QED) is 0.651. The first kappa shape index (κ1) is 22.4. The Balaban J connectivity index is 0.000000212. The number of hydrogen-bond acceptors (Lipinski definition) is 5. The summed E-state index contributed by atoms with van der Waals surface area (Å²) in [5.74, 6) is 0. The van der Waals surface area contributed by atoms with Gasteiger partial charge >= 0.3 is 0 Å². The molecule has 0 aliphatic heterocycles. The minimum Gasteiger partial charge on any atom is -0.314 e. The van der Waals surface area contributed by atoms with Gasteiger partial charge < -0.3 is 14.6 Å². The second-order valence-corrected chi connectivity index (χ2v) is 8.32. The first-order valence-electron chi connectivity index (χ1n) is 10.9. The lowest BCUT2D eigenvalue weighted by molar-refractivity contribution is 0.272. The molecule has 0 amide bonds. The maximum atomic E-state index is 4.71. The van der Waals surface area contributed by atoms with E-state index in [1.54, 1.807) is 0 Å². The fraction of sp³-hybridized carbons (Fsp3) is 0.500. The Hall–Kier alpha value is -2.28. The molecule has 1 aliphatic rings. The Morgan fingerprint density at radius 1 is 1.03 bits per heavy atom. The number of imidazole rings is 1. The van der Waals surface area contributed by atoms with Gasteiger partial charge in [-0.1, -0.05) is 12.1 Å². The highest BCUT2D eigenvalue weighted by Gasteiger charge is 2.13. The van der Waals surface area contributed by atoms with Crippen molar-refractivity contribution in [2.75, 3.05) is 41.3 Å². The predicted molar refractivity (Wildman–Crippen MR) is 124 cm³/mol. The van der Waals surface area contributed by atoms with E-state index in [1.807, 2.05) is 25.4 Å². The summed E-state index contributed by atoms with van der Waals surface area (Å²) in [7, 11) is 8.33. The molecule has 0 bridgehead atoms. The molecule has 0 unspecified atom stereocenters. The molecule has 0 aromatic carbocycles. The van der Waals surface area contributed by atoms with Gasteiger partial charge in [-0.3, -0.25) is 9.88 Å². The van der Waals surface area contributed by atoms with Crippen molar-refractivity contribution in [2.45, 2.75) is 38.8 Å². The van der Waals surface area contributed by atoms with E-state index < -0.39 is 0 Å². The number of fused-ring (bicyclic) bond motifs is 2. The molecule has 3 heterocycles. The summed E-state index contributed by atoms with van der Waals surface area (Å²) in [6.07, 6.45) is 9.09. The molecule has 0 saturated carbocycles. The maximum absolute atomic E-state index is 4.71. The van der Waals surface area contributed by atoms with Crippen LogP contribution in [-0.4, -0.2) is 65.4 Å². The first-order chi connectivity index (χ1) is 14.6. The SMILES string of the molecule is CNCc1nc2ccccn2c1CN(C)CCN(C)C.c1cnc2c(c1)CCCC2. The fourth-order valence-electron chi connectivity index (χ4n) is 3.81. The molecule has 3 aromatic rings. The molecule has 3 aromatic heterocycles. The highest BCUT2D eigenvalue weighted by Crippen LogP contribution is 2.17. The highest BCUT2D eigenvalue weighted by molar-refractivity contribution is 5.43. The number of likely N-dealkylation sites (N-methyl/N-ethyl adjacent to an activating group) is 2. The number of aromatic nitrogens is 3. The van der Waals surface area contributed by atoms with Crippen LogP contribution in [0.2, 0.25) is 0 Å². The maximum Gasteiger partial charge on any atom is 0.137 e. The van der Waals surface area contributed by atoms with Crippen LogP contribution in [0, 0.1) is 0 Å². The number of aryl methyl sites for hydroxylation is 2. The van der Waals surface area contributed by atoms with E-state index in [4.69, 9.17) is 4.98 Å². The van der Waals surface area contributed by atoms with E-state index >= 15 is 0 Å². The number of pyridine rings is 2. The molecule has 0 atom stereocenters.